The molecule has 0 saturated carbocycles. The molecular formula is C24H23NO4. The molecule has 0 aromatic heterocycles. The van der Waals surface area contributed by atoms with Gasteiger partial charge in [-0.25, -0.2) is 4.79 Å². The Morgan fingerprint density at radius 1 is 0.759 bits per heavy atom. The first-order chi connectivity index (χ1) is 14.2. The third-order valence-corrected chi connectivity index (χ3v) is 4.28. The van der Waals surface area contributed by atoms with E-state index >= 15 is 0 Å². The molecule has 3 aromatic rings. The van der Waals surface area contributed by atoms with Gasteiger partial charge in [0.1, 0.15) is 5.75 Å². The minimum Gasteiger partial charge on any atom is -0.482 e. The maximum absolute atomic E-state index is 12.4. The van der Waals surface area contributed by atoms with Gasteiger partial charge in [0.2, 0.25) is 0 Å². The molecule has 0 heterocycles. The molecule has 0 saturated heterocycles. The molecule has 5 heteroatoms. The van der Waals surface area contributed by atoms with Gasteiger partial charge in [-0.2, -0.15) is 0 Å². The standard InChI is InChI=1S/C24H23NO4/c26-23(17-29-24(27)18-28-21-14-8-3-9-15-21)25-22(20-12-6-2-7-13-20)16-19-10-4-1-5-11-19/h1-15,22H,16-18H2,(H,25,26). The van der Waals surface area contributed by atoms with Gasteiger partial charge in [0.25, 0.3) is 5.91 Å². The summed E-state index contributed by atoms with van der Waals surface area (Å²) in [6.07, 6.45) is 0.641. The smallest absolute Gasteiger partial charge is 0.344 e. The highest BCUT2D eigenvalue weighted by molar-refractivity contribution is 5.81. The van der Waals surface area contributed by atoms with Gasteiger partial charge in [0, 0.05) is 0 Å². The third kappa shape index (κ3) is 6.81. The van der Waals surface area contributed by atoms with Gasteiger partial charge < -0.3 is 14.8 Å². The molecule has 1 N–H and O–H groups in total. The summed E-state index contributed by atoms with van der Waals surface area (Å²) in [7, 11) is 0. The number of nitrogens with one attached hydrogen (secondary N) is 1. The zero-order chi connectivity index (χ0) is 20.3. The largest absolute Gasteiger partial charge is 0.482 e. The van der Waals surface area contributed by atoms with Crippen molar-refractivity contribution in [2.45, 2.75) is 12.5 Å². The summed E-state index contributed by atoms with van der Waals surface area (Å²) in [6.45, 7) is -0.599. The normalized spacial score (nSPS) is 11.3. The van der Waals surface area contributed by atoms with E-state index in [1.54, 1.807) is 12.1 Å². The number of carbonyl (C=O) groups is 2. The second kappa shape index (κ2) is 10.7. The van der Waals surface area contributed by atoms with Crippen molar-refractivity contribution in [3.05, 3.63) is 102 Å². The van der Waals surface area contributed by atoms with E-state index in [0.29, 0.717) is 12.2 Å². The molecule has 0 spiro atoms. The molecule has 148 valence electrons. The predicted octanol–water partition coefficient (Wildman–Crippen LogP) is 3.71. The lowest BCUT2D eigenvalue weighted by Gasteiger charge is -2.19. The highest BCUT2D eigenvalue weighted by Gasteiger charge is 2.16. The van der Waals surface area contributed by atoms with E-state index < -0.39 is 5.97 Å². The molecule has 1 amide bonds. The number of rotatable bonds is 9. The van der Waals surface area contributed by atoms with Crippen molar-refractivity contribution < 1.29 is 19.1 Å². The Labute approximate surface area is 170 Å². The summed E-state index contributed by atoms with van der Waals surface area (Å²) in [4.78, 5) is 24.2. The van der Waals surface area contributed by atoms with Crippen LogP contribution in [-0.4, -0.2) is 25.1 Å². The van der Waals surface area contributed by atoms with Crippen molar-refractivity contribution in [3.63, 3.8) is 0 Å². The van der Waals surface area contributed by atoms with Crippen LogP contribution in [0, 0.1) is 0 Å². The molecule has 29 heavy (non-hydrogen) atoms. The van der Waals surface area contributed by atoms with Crippen LogP contribution >= 0.6 is 0 Å². The number of amides is 1. The van der Waals surface area contributed by atoms with Gasteiger partial charge in [-0.1, -0.05) is 78.9 Å². The Hall–Kier alpha value is -3.60. The minimum absolute atomic E-state index is 0.217. The van der Waals surface area contributed by atoms with Gasteiger partial charge in [-0.05, 0) is 29.7 Å². The molecule has 1 unspecified atom stereocenters. The van der Waals surface area contributed by atoms with E-state index in [0.717, 1.165) is 11.1 Å². The topological polar surface area (TPSA) is 64.6 Å². The van der Waals surface area contributed by atoms with Crippen molar-refractivity contribution in [2.75, 3.05) is 13.2 Å². The van der Waals surface area contributed by atoms with Gasteiger partial charge >= 0.3 is 5.97 Å². The van der Waals surface area contributed by atoms with Crippen molar-refractivity contribution in [2.24, 2.45) is 0 Å². The van der Waals surface area contributed by atoms with Crippen LogP contribution in [0.4, 0.5) is 0 Å². The number of hydrogen-bond acceptors (Lipinski definition) is 4. The lowest BCUT2D eigenvalue weighted by molar-refractivity contribution is -0.150. The fraction of sp³-hybridized carbons (Fsp3) is 0.167. The first-order valence-corrected chi connectivity index (χ1v) is 9.42. The number of carbonyl (C=O) groups excluding carboxylic acids is 2. The number of ether oxygens (including phenoxy) is 2. The molecule has 0 radical (unpaired) electrons. The Kier molecular flexibility index (Phi) is 7.41. The first-order valence-electron chi connectivity index (χ1n) is 9.42. The number of benzene rings is 3. The molecule has 0 aliphatic rings. The van der Waals surface area contributed by atoms with Crippen molar-refractivity contribution >= 4 is 11.9 Å². The molecular weight excluding hydrogens is 366 g/mol. The Balaban J connectivity index is 1.52. The molecule has 3 rings (SSSR count). The SMILES string of the molecule is O=C(COC(=O)COc1ccccc1)NC(Cc1ccccc1)c1ccccc1. The zero-order valence-corrected chi connectivity index (χ0v) is 16.0. The summed E-state index contributed by atoms with van der Waals surface area (Å²) in [5, 5.41) is 2.95. The molecule has 3 aromatic carbocycles. The Morgan fingerprint density at radius 2 is 1.34 bits per heavy atom. The summed E-state index contributed by atoms with van der Waals surface area (Å²) in [5.74, 6) is -0.382. The zero-order valence-electron chi connectivity index (χ0n) is 16.0. The summed E-state index contributed by atoms with van der Waals surface area (Å²) >= 11 is 0. The molecule has 0 fully saturated rings. The van der Waals surface area contributed by atoms with Crippen LogP contribution in [0.25, 0.3) is 0 Å². The maximum atomic E-state index is 12.4. The quantitative estimate of drug-likeness (QED) is 0.567. The number of hydrogen-bond donors (Lipinski definition) is 1. The molecule has 0 aliphatic heterocycles. The van der Waals surface area contributed by atoms with Crippen molar-refractivity contribution in [1.82, 2.24) is 5.32 Å². The van der Waals surface area contributed by atoms with Crippen LogP contribution in [0.2, 0.25) is 0 Å². The number of esters is 1. The highest BCUT2D eigenvalue weighted by Crippen LogP contribution is 2.18. The summed E-state index contributed by atoms with van der Waals surface area (Å²) < 4.78 is 10.4. The summed E-state index contributed by atoms with van der Waals surface area (Å²) in [6, 6.07) is 28.4. The van der Waals surface area contributed by atoms with E-state index in [1.807, 2.05) is 78.9 Å². The second-order valence-electron chi connectivity index (χ2n) is 6.48. The van der Waals surface area contributed by atoms with E-state index in [2.05, 4.69) is 5.32 Å². The fourth-order valence-corrected chi connectivity index (χ4v) is 2.87. The maximum Gasteiger partial charge on any atom is 0.344 e. The lowest BCUT2D eigenvalue weighted by Crippen LogP contribution is -2.34. The van der Waals surface area contributed by atoms with Gasteiger partial charge in [-0.15, -0.1) is 0 Å². The van der Waals surface area contributed by atoms with Crippen LogP contribution in [0.1, 0.15) is 17.2 Å². The van der Waals surface area contributed by atoms with Crippen LogP contribution in [-0.2, 0) is 20.7 Å². The Morgan fingerprint density at radius 3 is 2.00 bits per heavy atom. The van der Waals surface area contributed by atoms with E-state index in [-0.39, 0.29) is 25.2 Å². The van der Waals surface area contributed by atoms with Crippen LogP contribution in [0.15, 0.2) is 91.0 Å². The van der Waals surface area contributed by atoms with Crippen molar-refractivity contribution in [3.8, 4) is 5.75 Å². The fourth-order valence-electron chi connectivity index (χ4n) is 2.87. The average molecular weight is 389 g/mol. The average Bonchev–Trinajstić information content (AvgIpc) is 2.78. The van der Waals surface area contributed by atoms with E-state index in [1.165, 1.54) is 0 Å². The van der Waals surface area contributed by atoms with Crippen LogP contribution in [0.5, 0.6) is 5.75 Å². The van der Waals surface area contributed by atoms with Crippen LogP contribution < -0.4 is 10.1 Å². The molecule has 0 bridgehead atoms. The van der Waals surface area contributed by atoms with Gasteiger partial charge in [-0.3, -0.25) is 4.79 Å². The predicted molar refractivity (Wildman–Crippen MR) is 110 cm³/mol. The monoisotopic (exact) mass is 389 g/mol. The lowest BCUT2D eigenvalue weighted by atomic mass is 9.99. The van der Waals surface area contributed by atoms with Gasteiger partial charge in [0.05, 0.1) is 6.04 Å². The van der Waals surface area contributed by atoms with Crippen molar-refractivity contribution in [1.29, 1.82) is 0 Å². The highest BCUT2D eigenvalue weighted by atomic mass is 16.6. The Bertz CT molecular complexity index is 898. The minimum atomic E-state index is -0.594. The molecule has 1 atom stereocenters. The van der Waals surface area contributed by atoms with Crippen LogP contribution in [0.3, 0.4) is 0 Å². The molecule has 5 nitrogen and oxygen atoms in total. The third-order valence-electron chi connectivity index (χ3n) is 4.28. The van der Waals surface area contributed by atoms with E-state index in [9.17, 15) is 9.59 Å². The number of para-hydroxylation sites is 1. The van der Waals surface area contributed by atoms with Gasteiger partial charge in [0.15, 0.2) is 13.2 Å². The summed E-state index contributed by atoms with van der Waals surface area (Å²) in [5.41, 5.74) is 2.10. The molecule has 0 aliphatic carbocycles. The second-order valence-corrected chi connectivity index (χ2v) is 6.48. The van der Waals surface area contributed by atoms with E-state index in [4.69, 9.17) is 9.47 Å². The first kappa shape index (κ1) is 20.1.